The number of rotatable bonds is 3. The first-order chi connectivity index (χ1) is 12.7. The fourth-order valence-electron chi connectivity index (χ4n) is 4.22. The number of benzene rings is 1. The van der Waals surface area contributed by atoms with Gasteiger partial charge in [0.2, 0.25) is 0 Å². The molecule has 0 aromatic heterocycles. The van der Waals surface area contributed by atoms with Crippen LogP contribution in [-0.2, 0) is 0 Å². The van der Waals surface area contributed by atoms with E-state index in [0.29, 0.717) is 18.5 Å². The van der Waals surface area contributed by atoms with Crippen LogP contribution >= 0.6 is 0 Å². The number of carbonyl (C=O) groups is 2. The van der Waals surface area contributed by atoms with Gasteiger partial charge in [-0.25, -0.2) is 4.79 Å². The van der Waals surface area contributed by atoms with Crippen LogP contribution in [-0.4, -0.2) is 43.0 Å². The van der Waals surface area contributed by atoms with Gasteiger partial charge in [-0.2, -0.15) is 0 Å². The van der Waals surface area contributed by atoms with Gasteiger partial charge in [-0.05, 0) is 43.4 Å². The molecule has 2 aliphatic rings. The van der Waals surface area contributed by atoms with Gasteiger partial charge in [0.25, 0.3) is 5.91 Å². The van der Waals surface area contributed by atoms with Gasteiger partial charge in [-0.15, -0.1) is 0 Å². The van der Waals surface area contributed by atoms with Crippen molar-refractivity contribution in [3.63, 3.8) is 0 Å². The molecule has 1 saturated carbocycles. The van der Waals surface area contributed by atoms with Gasteiger partial charge in [0, 0.05) is 37.7 Å². The second kappa shape index (κ2) is 9.06. The summed E-state index contributed by atoms with van der Waals surface area (Å²) in [5.41, 5.74) is 1.90. The SMILES string of the molecule is CNC(=O)N1CCC[C@H](c2cccc(C(=O)NC3CCCCCC3)c2)C1. The van der Waals surface area contributed by atoms with Gasteiger partial charge < -0.3 is 15.5 Å². The van der Waals surface area contributed by atoms with Crippen LogP contribution in [0.3, 0.4) is 0 Å². The Morgan fingerprint density at radius 1 is 1.04 bits per heavy atom. The van der Waals surface area contributed by atoms with Gasteiger partial charge in [0.1, 0.15) is 0 Å². The predicted octanol–water partition coefficient (Wildman–Crippen LogP) is 3.66. The Kier molecular flexibility index (Phi) is 6.53. The van der Waals surface area contributed by atoms with Gasteiger partial charge in [0.05, 0.1) is 0 Å². The number of hydrogen-bond donors (Lipinski definition) is 2. The minimum atomic E-state index is -0.0167. The van der Waals surface area contributed by atoms with E-state index in [4.69, 9.17) is 0 Å². The lowest BCUT2D eigenvalue weighted by Gasteiger charge is -2.32. The average Bonchev–Trinajstić information content (AvgIpc) is 2.96. The summed E-state index contributed by atoms with van der Waals surface area (Å²) >= 11 is 0. The molecular formula is C21H31N3O2. The maximum absolute atomic E-state index is 12.7. The number of nitrogens with zero attached hydrogens (tertiary/aromatic N) is 1. The topological polar surface area (TPSA) is 61.4 Å². The van der Waals surface area contributed by atoms with Crippen molar-refractivity contribution in [1.29, 1.82) is 0 Å². The van der Waals surface area contributed by atoms with Gasteiger partial charge in [-0.3, -0.25) is 4.79 Å². The van der Waals surface area contributed by atoms with E-state index in [2.05, 4.69) is 16.7 Å². The van der Waals surface area contributed by atoms with E-state index >= 15 is 0 Å². The molecule has 142 valence electrons. The molecule has 1 aromatic carbocycles. The normalized spacial score (nSPS) is 21.7. The highest BCUT2D eigenvalue weighted by Crippen LogP contribution is 2.27. The molecule has 0 unspecified atom stereocenters. The maximum atomic E-state index is 12.7. The molecule has 2 fully saturated rings. The number of piperidine rings is 1. The van der Waals surface area contributed by atoms with E-state index in [1.54, 1.807) is 7.05 Å². The van der Waals surface area contributed by atoms with E-state index in [0.717, 1.165) is 43.4 Å². The summed E-state index contributed by atoms with van der Waals surface area (Å²) in [5, 5.41) is 5.94. The average molecular weight is 357 g/mol. The van der Waals surface area contributed by atoms with E-state index in [1.807, 2.05) is 23.1 Å². The monoisotopic (exact) mass is 357 g/mol. The van der Waals surface area contributed by atoms with Crippen molar-refractivity contribution in [2.45, 2.75) is 63.3 Å². The zero-order valence-corrected chi connectivity index (χ0v) is 15.8. The molecule has 3 amide bonds. The van der Waals surface area contributed by atoms with Crippen molar-refractivity contribution in [2.24, 2.45) is 0 Å². The summed E-state index contributed by atoms with van der Waals surface area (Å²) in [4.78, 5) is 26.5. The van der Waals surface area contributed by atoms with Crippen molar-refractivity contribution < 1.29 is 9.59 Å². The molecule has 1 aliphatic heterocycles. The quantitative estimate of drug-likeness (QED) is 0.811. The molecule has 1 saturated heterocycles. The van der Waals surface area contributed by atoms with Crippen LogP contribution in [0.2, 0.25) is 0 Å². The highest BCUT2D eigenvalue weighted by Gasteiger charge is 2.25. The summed E-state index contributed by atoms with van der Waals surface area (Å²) in [5.74, 6) is 0.337. The van der Waals surface area contributed by atoms with Crippen LogP contribution < -0.4 is 10.6 Å². The fourth-order valence-corrected chi connectivity index (χ4v) is 4.22. The van der Waals surface area contributed by atoms with Crippen LogP contribution in [0, 0.1) is 0 Å². The van der Waals surface area contributed by atoms with Crippen LogP contribution in [0.1, 0.15) is 73.2 Å². The molecule has 5 nitrogen and oxygen atoms in total. The Hall–Kier alpha value is -2.04. The van der Waals surface area contributed by atoms with Gasteiger partial charge in [0.15, 0.2) is 0 Å². The number of hydrogen-bond acceptors (Lipinski definition) is 2. The summed E-state index contributed by atoms with van der Waals surface area (Å²) in [7, 11) is 1.67. The third-order valence-corrected chi connectivity index (χ3v) is 5.73. The van der Waals surface area contributed by atoms with Crippen molar-refractivity contribution >= 4 is 11.9 Å². The zero-order valence-electron chi connectivity index (χ0n) is 15.8. The Morgan fingerprint density at radius 3 is 2.54 bits per heavy atom. The second-order valence-corrected chi connectivity index (χ2v) is 7.63. The number of likely N-dealkylation sites (tertiary alicyclic amines) is 1. The van der Waals surface area contributed by atoms with Crippen LogP contribution in [0.15, 0.2) is 24.3 Å². The Morgan fingerprint density at radius 2 is 1.81 bits per heavy atom. The highest BCUT2D eigenvalue weighted by atomic mass is 16.2. The standard InChI is InChI=1S/C21H31N3O2/c1-22-21(26)24-13-7-10-18(15-24)16-8-6-9-17(14-16)20(25)23-19-11-4-2-3-5-12-19/h6,8-9,14,18-19H,2-5,7,10-13,15H2,1H3,(H,22,26)(H,23,25)/t18-/m0/s1. The number of urea groups is 1. The van der Waals surface area contributed by atoms with Gasteiger partial charge in [-0.1, -0.05) is 37.8 Å². The van der Waals surface area contributed by atoms with Crippen molar-refractivity contribution in [3.8, 4) is 0 Å². The first-order valence-electron chi connectivity index (χ1n) is 10.0. The summed E-state index contributed by atoms with van der Waals surface area (Å²) < 4.78 is 0. The van der Waals surface area contributed by atoms with E-state index < -0.39 is 0 Å². The molecule has 5 heteroatoms. The van der Waals surface area contributed by atoms with Crippen molar-refractivity contribution in [2.75, 3.05) is 20.1 Å². The third-order valence-electron chi connectivity index (χ3n) is 5.73. The van der Waals surface area contributed by atoms with E-state index in [-0.39, 0.29) is 11.9 Å². The van der Waals surface area contributed by atoms with E-state index in [9.17, 15) is 9.59 Å². The Balaban J connectivity index is 1.65. The lowest BCUT2D eigenvalue weighted by atomic mass is 9.89. The van der Waals surface area contributed by atoms with Crippen molar-refractivity contribution in [1.82, 2.24) is 15.5 Å². The van der Waals surface area contributed by atoms with Crippen LogP contribution in [0.4, 0.5) is 4.79 Å². The largest absolute Gasteiger partial charge is 0.349 e. The van der Waals surface area contributed by atoms with Gasteiger partial charge >= 0.3 is 6.03 Å². The molecule has 0 bridgehead atoms. The lowest BCUT2D eigenvalue weighted by Crippen LogP contribution is -2.43. The third kappa shape index (κ3) is 4.77. The Bertz CT molecular complexity index is 623. The minimum Gasteiger partial charge on any atom is -0.349 e. The first kappa shape index (κ1) is 18.7. The van der Waals surface area contributed by atoms with E-state index in [1.165, 1.54) is 25.7 Å². The predicted molar refractivity (Wildman–Crippen MR) is 103 cm³/mol. The smallest absolute Gasteiger partial charge is 0.317 e. The molecule has 1 aromatic rings. The van der Waals surface area contributed by atoms with Crippen molar-refractivity contribution in [3.05, 3.63) is 35.4 Å². The molecule has 1 atom stereocenters. The number of carbonyl (C=O) groups excluding carboxylic acids is 2. The minimum absolute atomic E-state index is 0.0167. The molecule has 0 spiro atoms. The molecule has 1 heterocycles. The first-order valence-corrected chi connectivity index (χ1v) is 10.0. The molecule has 1 aliphatic carbocycles. The van der Waals surface area contributed by atoms with Crippen LogP contribution in [0.5, 0.6) is 0 Å². The van der Waals surface area contributed by atoms with Crippen LogP contribution in [0.25, 0.3) is 0 Å². The molecule has 26 heavy (non-hydrogen) atoms. The second-order valence-electron chi connectivity index (χ2n) is 7.63. The molecule has 0 radical (unpaired) electrons. The fraction of sp³-hybridized carbons (Fsp3) is 0.619. The summed E-state index contributed by atoms with van der Waals surface area (Å²) in [6.45, 7) is 1.52. The number of nitrogens with one attached hydrogen (secondary N) is 2. The lowest BCUT2D eigenvalue weighted by molar-refractivity contribution is 0.0933. The molecule has 2 N–H and O–H groups in total. The molecular weight excluding hydrogens is 326 g/mol. The Labute approximate surface area is 156 Å². The summed E-state index contributed by atoms with van der Waals surface area (Å²) in [6.07, 6.45) is 9.23. The maximum Gasteiger partial charge on any atom is 0.317 e. The molecule has 3 rings (SSSR count). The summed E-state index contributed by atoms with van der Waals surface area (Å²) in [6, 6.07) is 8.26. The zero-order chi connectivity index (χ0) is 18.4. The highest BCUT2D eigenvalue weighted by molar-refractivity contribution is 5.94. The number of amides is 3.